The maximum Gasteiger partial charge on any atom is 0.316 e. The topological polar surface area (TPSA) is 94.3 Å². The van der Waals surface area contributed by atoms with Crippen molar-refractivity contribution >= 4 is 40.9 Å². The Labute approximate surface area is 152 Å². The molecule has 1 amide bonds. The third-order valence-electron chi connectivity index (χ3n) is 2.89. The van der Waals surface area contributed by atoms with Crippen LogP contribution in [0.5, 0.6) is 0 Å². The number of nitrogens with one attached hydrogen (secondary N) is 1. The molecule has 0 saturated carbocycles. The van der Waals surface area contributed by atoms with Crippen LogP contribution in [0.25, 0.3) is 0 Å². The first-order chi connectivity index (χ1) is 11.8. The summed E-state index contributed by atoms with van der Waals surface area (Å²) in [6.45, 7) is 3.10. The number of benzene rings is 1. The molecule has 2 aromatic rings. The molecule has 1 heterocycles. The summed E-state index contributed by atoms with van der Waals surface area (Å²) in [6, 6.07) is 3.56. The molecule has 0 fully saturated rings. The number of thioether (sulfide) groups is 1. The van der Waals surface area contributed by atoms with Crippen molar-refractivity contribution in [2.45, 2.75) is 25.7 Å². The Morgan fingerprint density at radius 2 is 2.24 bits per heavy atom. The third-order valence-corrected chi connectivity index (χ3v) is 4.10. The number of hydrogen-bond acceptors (Lipinski definition) is 7. The average molecular weight is 388 g/mol. The SMILES string of the molecule is Cc1nc(CSCC(=O)OC(C)C(=O)Nc2ccc(F)cc2Cl)no1. The molecular weight excluding hydrogens is 373 g/mol. The summed E-state index contributed by atoms with van der Waals surface area (Å²) < 4.78 is 22.8. The molecule has 1 N–H and O–H groups in total. The Hall–Kier alpha value is -2.13. The number of nitrogens with zero attached hydrogens (tertiary/aromatic N) is 2. The van der Waals surface area contributed by atoms with Crippen LogP contribution in [-0.2, 0) is 20.1 Å². The van der Waals surface area contributed by atoms with Crippen molar-refractivity contribution in [2.24, 2.45) is 0 Å². The van der Waals surface area contributed by atoms with Gasteiger partial charge in [0.25, 0.3) is 5.91 Å². The molecule has 0 saturated heterocycles. The summed E-state index contributed by atoms with van der Waals surface area (Å²) in [5, 5.41) is 6.23. The summed E-state index contributed by atoms with van der Waals surface area (Å²) in [5.41, 5.74) is 0.234. The van der Waals surface area contributed by atoms with Gasteiger partial charge in [0, 0.05) is 6.92 Å². The predicted octanol–water partition coefficient (Wildman–Crippen LogP) is 2.97. The van der Waals surface area contributed by atoms with E-state index in [2.05, 4.69) is 15.5 Å². The van der Waals surface area contributed by atoms with E-state index in [4.69, 9.17) is 20.9 Å². The highest BCUT2D eigenvalue weighted by Crippen LogP contribution is 2.22. The monoisotopic (exact) mass is 387 g/mol. The van der Waals surface area contributed by atoms with Crippen molar-refractivity contribution in [2.75, 3.05) is 11.1 Å². The smallest absolute Gasteiger partial charge is 0.316 e. The van der Waals surface area contributed by atoms with E-state index in [0.717, 1.165) is 12.1 Å². The van der Waals surface area contributed by atoms with Gasteiger partial charge in [-0.3, -0.25) is 9.59 Å². The van der Waals surface area contributed by atoms with Gasteiger partial charge in [0.15, 0.2) is 11.9 Å². The highest BCUT2D eigenvalue weighted by molar-refractivity contribution is 7.99. The van der Waals surface area contributed by atoms with E-state index in [9.17, 15) is 14.0 Å². The highest BCUT2D eigenvalue weighted by Gasteiger charge is 2.19. The van der Waals surface area contributed by atoms with Gasteiger partial charge < -0.3 is 14.6 Å². The Bertz CT molecular complexity index is 771. The van der Waals surface area contributed by atoms with Gasteiger partial charge in [-0.15, -0.1) is 11.8 Å². The lowest BCUT2D eigenvalue weighted by Gasteiger charge is -2.14. The Kier molecular flexibility index (Phi) is 6.77. The number of aryl methyl sites for hydroxylation is 1. The molecule has 7 nitrogen and oxygen atoms in total. The van der Waals surface area contributed by atoms with E-state index >= 15 is 0 Å². The molecule has 1 aromatic carbocycles. The van der Waals surface area contributed by atoms with Crippen molar-refractivity contribution in [1.82, 2.24) is 10.1 Å². The van der Waals surface area contributed by atoms with Crippen LogP contribution >= 0.6 is 23.4 Å². The van der Waals surface area contributed by atoms with E-state index in [0.29, 0.717) is 17.5 Å². The normalized spacial score (nSPS) is 11.8. The van der Waals surface area contributed by atoms with Crippen LogP contribution in [0.3, 0.4) is 0 Å². The van der Waals surface area contributed by atoms with Gasteiger partial charge in [0.05, 0.1) is 22.2 Å². The lowest BCUT2D eigenvalue weighted by Crippen LogP contribution is -2.30. The first-order valence-electron chi connectivity index (χ1n) is 7.17. The molecule has 25 heavy (non-hydrogen) atoms. The van der Waals surface area contributed by atoms with E-state index in [1.807, 2.05) is 0 Å². The van der Waals surface area contributed by atoms with Gasteiger partial charge >= 0.3 is 5.97 Å². The van der Waals surface area contributed by atoms with Crippen LogP contribution in [0, 0.1) is 12.7 Å². The van der Waals surface area contributed by atoms with E-state index in [1.54, 1.807) is 6.92 Å². The third kappa shape index (κ3) is 6.02. The molecule has 1 unspecified atom stereocenters. The van der Waals surface area contributed by atoms with Crippen molar-refractivity contribution in [3.8, 4) is 0 Å². The number of esters is 1. The quantitative estimate of drug-likeness (QED) is 0.730. The van der Waals surface area contributed by atoms with Gasteiger partial charge in [-0.1, -0.05) is 16.8 Å². The van der Waals surface area contributed by atoms with E-state index < -0.39 is 23.8 Å². The summed E-state index contributed by atoms with van der Waals surface area (Å²) in [7, 11) is 0. The summed E-state index contributed by atoms with van der Waals surface area (Å²) in [6.07, 6.45) is -1.03. The summed E-state index contributed by atoms with van der Waals surface area (Å²) in [5.74, 6) is -0.300. The molecule has 1 atom stereocenters. The molecule has 0 spiro atoms. The van der Waals surface area contributed by atoms with Crippen LogP contribution < -0.4 is 5.32 Å². The summed E-state index contributed by atoms with van der Waals surface area (Å²) in [4.78, 5) is 27.8. The molecule has 0 aliphatic rings. The number of carbonyl (C=O) groups excluding carboxylic acids is 2. The minimum absolute atomic E-state index is 0.0303. The van der Waals surface area contributed by atoms with Crippen LogP contribution in [0.15, 0.2) is 22.7 Å². The Morgan fingerprint density at radius 3 is 2.88 bits per heavy atom. The molecule has 0 bridgehead atoms. The molecular formula is C15H15ClFN3O4S. The number of amides is 1. The standard InChI is InChI=1S/C15H15ClFN3O4S/c1-8(15(22)19-12-4-3-10(17)5-11(12)16)23-14(21)7-25-6-13-18-9(2)24-20-13/h3-5,8H,6-7H2,1-2H3,(H,19,22). The Balaban J connectivity index is 1.76. The fourth-order valence-corrected chi connectivity index (χ4v) is 2.59. The fourth-order valence-electron chi connectivity index (χ4n) is 1.74. The maximum atomic E-state index is 13.0. The number of aromatic nitrogens is 2. The van der Waals surface area contributed by atoms with Gasteiger partial charge in [0.1, 0.15) is 5.82 Å². The number of halogens is 2. The molecule has 134 valence electrons. The van der Waals surface area contributed by atoms with Crippen molar-refractivity contribution in [1.29, 1.82) is 0 Å². The Morgan fingerprint density at radius 1 is 1.48 bits per heavy atom. The van der Waals surface area contributed by atoms with Crippen molar-refractivity contribution in [3.05, 3.63) is 40.8 Å². The zero-order valence-electron chi connectivity index (χ0n) is 13.4. The number of carbonyl (C=O) groups is 2. The minimum atomic E-state index is -1.03. The summed E-state index contributed by atoms with van der Waals surface area (Å²) >= 11 is 7.06. The second-order valence-corrected chi connectivity index (χ2v) is 6.36. The number of ether oxygens (including phenoxy) is 1. The molecule has 0 radical (unpaired) electrons. The fraction of sp³-hybridized carbons (Fsp3) is 0.333. The minimum Gasteiger partial charge on any atom is -0.452 e. The predicted molar refractivity (Wildman–Crippen MR) is 90.8 cm³/mol. The first kappa shape index (κ1) is 19.2. The zero-order valence-corrected chi connectivity index (χ0v) is 15.0. The number of rotatable bonds is 7. The lowest BCUT2D eigenvalue weighted by molar-refractivity contribution is -0.150. The van der Waals surface area contributed by atoms with Crippen molar-refractivity contribution < 1.29 is 23.2 Å². The van der Waals surface area contributed by atoms with Crippen LogP contribution in [0.4, 0.5) is 10.1 Å². The number of hydrogen-bond donors (Lipinski definition) is 1. The molecule has 0 aliphatic carbocycles. The van der Waals surface area contributed by atoms with Crippen LogP contribution in [-0.4, -0.2) is 33.9 Å². The van der Waals surface area contributed by atoms with Gasteiger partial charge in [-0.05, 0) is 25.1 Å². The first-order valence-corrected chi connectivity index (χ1v) is 8.70. The van der Waals surface area contributed by atoms with E-state index in [1.165, 1.54) is 24.8 Å². The van der Waals surface area contributed by atoms with E-state index in [-0.39, 0.29) is 16.5 Å². The molecule has 1 aromatic heterocycles. The largest absolute Gasteiger partial charge is 0.452 e. The maximum absolute atomic E-state index is 13.0. The molecule has 10 heteroatoms. The van der Waals surface area contributed by atoms with Crippen molar-refractivity contribution in [3.63, 3.8) is 0 Å². The second kappa shape index (κ2) is 8.82. The number of anilines is 1. The second-order valence-electron chi connectivity index (χ2n) is 4.97. The van der Waals surface area contributed by atoms with Crippen LogP contribution in [0.1, 0.15) is 18.6 Å². The van der Waals surface area contributed by atoms with Gasteiger partial charge in [0.2, 0.25) is 5.89 Å². The zero-order chi connectivity index (χ0) is 18.4. The average Bonchev–Trinajstić information content (AvgIpc) is 2.95. The molecule has 2 rings (SSSR count). The van der Waals surface area contributed by atoms with Crippen LogP contribution in [0.2, 0.25) is 5.02 Å². The highest BCUT2D eigenvalue weighted by atomic mass is 35.5. The van der Waals surface area contributed by atoms with Gasteiger partial charge in [-0.2, -0.15) is 4.98 Å². The lowest BCUT2D eigenvalue weighted by atomic mass is 10.3. The molecule has 0 aliphatic heterocycles. The van der Waals surface area contributed by atoms with Gasteiger partial charge in [-0.25, -0.2) is 4.39 Å².